The van der Waals surface area contributed by atoms with Crippen molar-refractivity contribution in [2.75, 3.05) is 6.54 Å². The van der Waals surface area contributed by atoms with E-state index in [0.717, 1.165) is 18.4 Å². The van der Waals surface area contributed by atoms with Gasteiger partial charge in [-0.2, -0.15) is 0 Å². The van der Waals surface area contributed by atoms with E-state index in [1.165, 1.54) is 0 Å². The first kappa shape index (κ1) is 13.9. The lowest BCUT2D eigenvalue weighted by atomic mass is 9.89. The molecule has 1 saturated heterocycles. The number of hydrogen-bond acceptors (Lipinski definition) is 4. The van der Waals surface area contributed by atoms with Crippen molar-refractivity contribution in [1.29, 1.82) is 0 Å². The largest absolute Gasteiger partial charge is 0.462 e. The van der Waals surface area contributed by atoms with Crippen LogP contribution < -0.4 is 5.32 Å². The summed E-state index contributed by atoms with van der Waals surface area (Å²) in [6, 6.07) is 0. The molecule has 1 heterocycles. The smallest absolute Gasteiger partial charge is 0.407 e. The number of hydrogen-bond donors (Lipinski definition) is 1. The molecular formula is C14H21NO4. The van der Waals surface area contributed by atoms with E-state index in [2.05, 4.69) is 11.9 Å². The first-order chi connectivity index (χ1) is 8.76. The molecule has 106 valence electrons. The number of nitrogens with one attached hydrogen (secondary N) is 1. The molecule has 5 nitrogen and oxygen atoms in total. The van der Waals surface area contributed by atoms with Crippen LogP contribution in [-0.2, 0) is 14.3 Å². The van der Waals surface area contributed by atoms with Crippen molar-refractivity contribution in [3.8, 4) is 0 Å². The van der Waals surface area contributed by atoms with Gasteiger partial charge in [0, 0.05) is 6.54 Å². The minimum Gasteiger partial charge on any atom is -0.462 e. The maximum absolute atomic E-state index is 11.5. The molecule has 2 bridgehead atoms. The maximum Gasteiger partial charge on any atom is 0.407 e. The van der Waals surface area contributed by atoms with E-state index in [1.54, 1.807) is 0 Å². The Hall–Kier alpha value is -1.52. The van der Waals surface area contributed by atoms with Gasteiger partial charge in [-0.1, -0.05) is 12.2 Å². The van der Waals surface area contributed by atoms with Gasteiger partial charge < -0.3 is 14.8 Å². The molecule has 0 radical (unpaired) electrons. The van der Waals surface area contributed by atoms with E-state index >= 15 is 0 Å². The number of carbonyl (C=O) groups is 2. The summed E-state index contributed by atoms with van der Waals surface area (Å²) in [6.45, 7) is 9.76. The molecule has 0 aromatic heterocycles. The van der Waals surface area contributed by atoms with Crippen LogP contribution in [0.5, 0.6) is 0 Å². The second-order valence-electron chi connectivity index (χ2n) is 6.26. The van der Waals surface area contributed by atoms with Crippen LogP contribution in [-0.4, -0.2) is 30.3 Å². The van der Waals surface area contributed by atoms with E-state index in [9.17, 15) is 9.59 Å². The summed E-state index contributed by atoms with van der Waals surface area (Å²) in [6.07, 6.45) is 1.19. The van der Waals surface area contributed by atoms with Gasteiger partial charge in [0.1, 0.15) is 11.7 Å². The first-order valence-corrected chi connectivity index (χ1v) is 6.61. The first-order valence-electron chi connectivity index (χ1n) is 6.61. The fourth-order valence-electron chi connectivity index (χ4n) is 2.68. The third-order valence-electron chi connectivity index (χ3n) is 3.49. The molecule has 1 N–H and O–H groups in total. The molecule has 1 aliphatic heterocycles. The molecule has 0 unspecified atom stereocenters. The van der Waals surface area contributed by atoms with Crippen molar-refractivity contribution in [1.82, 2.24) is 5.32 Å². The molecule has 1 amide bonds. The van der Waals surface area contributed by atoms with E-state index in [0.29, 0.717) is 6.54 Å². The second-order valence-corrected chi connectivity index (χ2v) is 6.26. The van der Waals surface area contributed by atoms with Gasteiger partial charge in [-0.05, 0) is 39.5 Å². The normalized spacial score (nSPS) is 29.0. The highest BCUT2D eigenvalue weighted by atomic mass is 16.6. The van der Waals surface area contributed by atoms with Crippen molar-refractivity contribution >= 4 is 12.1 Å². The Morgan fingerprint density at radius 3 is 2.68 bits per heavy atom. The molecule has 0 spiro atoms. The lowest BCUT2D eigenvalue weighted by molar-refractivity contribution is -0.149. The van der Waals surface area contributed by atoms with Crippen LogP contribution in [0.15, 0.2) is 12.2 Å². The topological polar surface area (TPSA) is 64.6 Å². The Labute approximate surface area is 113 Å². The van der Waals surface area contributed by atoms with E-state index in [1.807, 2.05) is 20.8 Å². The zero-order valence-electron chi connectivity index (χ0n) is 11.7. The predicted octanol–water partition coefficient (Wildman–Crippen LogP) is 2.02. The summed E-state index contributed by atoms with van der Waals surface area (Å²) < 4.78 is 10.3. The summed E-state index contributed by atoms with van der Waals surface area (Å²) in [5.41, 5.74) is 0.358. The molecule has 0 aromatic carbocycles. The number of fused-ring (bicyclic) bond motifs is 2. The van der Waals surface area contributed by atoms with Crippen molar-refractivity contribution in [2.45, 2.75) is 45.3 Å². The van der Waals surface area contributed by atoms with E-state index in [-0.39, 0.29) is 23.9 Å². The quantitative estimate of drug-likeness (QED) is 0.627. The average Bonchev–Trinajstić information content (AvgIpc) is 2.81. The number of rotatable bonds is 3. The molecule has 2 fully saturated rings. The van der Waals surface area contributed by atoms with Crippen LogP contribution in [0.2, 0.25) is 0 Å². The third kappa shape index (κ3) is 3.28. The summed E-state index contributed by atoms with van der Waals surface area (Å²) in [7, 11) is 0. The van der Waals surface area contributed by atoms with Crippen LogP contribution in [0.25, 0.3) is 0 Å². The number of amides is 1. The molecule has 1 saturated carbocycles. The van der Waals surface area contributed by atoms with Gasteiger partial charge in [0.05, 0.1) is 5.92 Å². The Balaban J connectivity index is 1.79. The zero-order valence-corrected chi connectivity index (χ0v) is 11.7. The molecule has 19 heavy (non-hydrogen) atoms. The molecule has 2 aliphatic rings. The lowest BCUT2D eigenvalue weighted by Crippen LogP contribution is -2.35. The van der Waals surface area contributed by atoms with Gasteiger partial charge in [-0.3, -0.25) is 4.79 Å². The molecule has 1 aliphatic carbocycles. The fourth-order valence-corrected chi connectivity index (χ4v) is 2.68. The van der Waals surface area contributed by atoms with Gasteiger partial charge >= 0.3 is 12.1 Å². The Bertz CT molecular complexity index is 410. The summed E-state index contributed by atoms with van der Waals surface area (Å²) in [5.74, 6) is -0.0706. The number of esters is 1. The third-order valence-corrected chi connectivity index (χ3v) is 3.49. The Morgan fingerprint density at radius 2 is 2.16 bits per heavy atom. The maximum atomic E-state index is 11.5. The summed E-state index contributed by atoms with van der Waals surface area (Å²) in [5, 5.41) is 2.68. The SMILES string of the molecule is C=C(CNC(=O)OC(C)(C)C)[C@@H]1C[C@H]2C[C@@H]1C(=O)O2. The van der Waals surface area contributed by atoms with Gasteiger partial charge in [-0.15, -0.1) is 0 Å². The molecule has 0 aromatic rings. The fraction of sp³-hybridized carbons (Fsp3) is 0.714. The van der Waals surface area contributed by atoms with Gasteiger partial charge in [0.2, 0.25) is 0 Å². The average molecular weight is 267 g/mol. The second kappa shape index (κ2) is 4.87. The van der Waals surface area contributed by atoms with Crippen LogP contribution in [0.4, 0.5) is 4.79 Å². The zero-order chi connectivity index (χ0) is 14.2. The molecule has 5 heteroatoms. The minimum absolute atomic E-state index is 0.0424. The van der Waals surface area contributed by atoms with Crippen molar-refractivity contribution in [3.05, 3.63) is 12.2 Å². The van der Waals surface area contributed by atoms with Crippen LogP contribution in [0.1, 0.15) is 33.6 Å². The molecule has 3 atom stereocenters. The highest BCUT2D eigenvalue weighted by Crippen LogP contribution is 2.43. The molecular weight excluding hydrogens is 246 g/mol. The Kier molecular flexibility index (Phi) is 3.56. The number of carbonyl (C=O) groups excluding carboxylic acids is 2. The van der Waals surface area contributed by atoms with Gasteiger partial charge in [0.15, 0.2) is 0 Å². The summed E-state index contributed by atoms with van der Waals surface area (Å²) >= 11 is 0. The molecule has 2 rings (SSSR count). The van der Waals surface area contributed by atoms with Gasteiger partial charge in [0.25, 0.3) is 0 Å². The highest BCUT2D eigenvalue weighted by Gasteiger charge is 2.48. The van der Waals surface area contributed by atoms with Crippen LogP contribution in [0, 0.1) is 11.8 Å². The highest BCUT2D eigenvalue weighted by molar-refractivity contribution is 5.77. The van der Waals surface area contributed by atoms with Crippen LogP contribution >= 0.6 is 0 Å². The van der Waals surface area contributed by atoms with Crippen LogP contribution in [0.3, 0.4) is 0 Å². The van der Waals surface area contributed by atoms with Crippen molar-refractivity contribution in [3.63, 3.8) is 0 Å². The van der Waals surface area contributed by atoms with Crippen molar-refractivity contribution < 1.29 is 19.1 Å². The minimum atomic E-state index is -0.512. The number of ether oxygens (including phenoxy) is 2. The van der Waals surface area contributed by atoms with E-state index < -0.39 is 11.7 Å². The predicted molar refractivity (Wildman–Crippen MR) is 69.5 cm³/mol. The Morgan fingerprint density at radius 1 is 1.47 bits per heavy atom. The lowest BCUT2D eigenvalue weighted by Gasteiger charge is -2.24. The monoisotopic (exact) mass is 267 g/mol. The number of alkyl carbamates (subject to hydrolysis) is 1. The van der Waals surface area contributed by atoms with Gasteiger partial charge in [-0.25, -0.2) is 4.79 Å². The summed E-state index contributed by atoms with van der Waals surface area (Å²) in [4.78, 5) is 23.0. The standard InChI is InChI=1S/C14H21NO4/c1-8(7-15-13(17)19-14(2,3)4)10-5-9-6-11(10)12(16)18-9/h9-11H,1,5-7H2,2-4H3,(H,15,17)/t9-,10-,11-/m0/s1. The van der Waals surface area contributed by atoms with E-state index in [4.69, 9.17) is 9.47 Å². The van der Waals surface area contributed by atoms with Crippen molar-refractivity contribution in [2.24, 2.45) is 11.8 Å².